The zero-order chi connectivity index (χ0) is 11.4. The van der Waals surface area contributed by atoms with Gasteiger partial charge in [-0.05, 0) is 31.7 Å². The van der Waals surface area contributed by atoms with Crippen LogP contribution in [-0.4, -0.2) is 11.6 Å². The molecule has 0 aliphatic heterocycles. The van der Waals surface area contributed by atoms with Crippen molar-refractivity contribution < 1.29 is 4.74 Å². The number of hydrogen-bond donors (Lipinski definition) is 1. The number of rotatable bonds is 3. The van der Waals surface area contributed by atoms with Crippen LogP contribution in [0.3, 0.4) is 0 Å². The molecule has 88 valence electrons. The number of nitrogens with zero attached hydrogens (tertiary/aromatic N) is 1. The minimum Gasteiger partial charge on any atom is -0.477 e. The largest absolute Gasteiger partial charge is 0.477 e. The summed E-state index contributed by atoms with van der Waals surface area (Å²) in [7, 11) is 0. The number of nitrogens with two attached hydrogens (primary N) is 1. The fraction of sp³-hybridized carbons (Fsp3) is 0.615. The van der Waals surface area contributed by atoms with Crippen molar-refractivity contribution in [3.63, 3.8) is 0 Å². The number of ether oxygens (including phenoxy) is 1. The lowest BCUT2D eigenvalue weighted by atomic mass is 9.90. The van der Waals surface area contributed by atoms with Gasteiger partial charge < -0.3 is 10.5 Å². The summed E-state index contributed by atoms with van der Waals surface area (Å²) in [6.45, 7) is 2.71. The molecule has 0 bridgehead atoms. The quantitative estimate of drug-likeness (QED) is 0.852. The van der Waals surface area contributed by atoms with Crippen LogP contribution in [-0.2, 0) is 0 Å². The maximum Gasteiger partial charge on any atom is 0.213 e. The molecule has 0 spiro atoms. The highest BCUT2D eigenvalue weighted by Crippen LogP contribution is 2.24. The number of nitrogen functional groups attached to an aromatic ring is 1. The summed E-state index contributed by atoms with van der Waals surface area (Å²) in [6.07, 6.45) is 6.68. The summed E-state index contributed by atoms with van der Waals surface area (Å²) in [4.78, 5) is 4.31. The van der Waals surface area contributed by atoms with Gasteiger partial charge in [0, 0.05) is 6.07 Å². The summed E-state index contributed by atoms with van der Waals surface area (Å²) in [5, 5.41) is 0. The first-order valence-electron chi connectivity index (χ1n) is 6.11. The molecule has 0 aromatic carbocycles. The summed E-state index contributed by atoms with van der Waals surface area (Å²) in [5.74, 6) is 1.42. The van der Waals surface area contributed by atoms with Gasteiger partial charge in [-0.15, -0.1) is 0 Å². The highest BCUT2D eigenvalue weighted by atomic mass is 16.5. The SMILES string of the molecule is Cc1nc(OCC2CCCCC2)ccc1N. The zero-order valence-electron chi connectivity index (χ0n) is 9.91. The minimum absolute atomic E-state index is 0.706. The molecule has 0 saturated heterocycles. The Morgan fingerprint density at radius 3 is 2.75 bits per heavy atom. The average Bonchev–Trinajstić information content (AvgIpc) is 2.32. The molecule has 1 aromatic heterocycles. The van der Waals surface area contributed by atoms with E-state index in [4.69, 9.17) is 10.5 Å². The molecule has 1 fully saturated rings. The minimum atomic E-state index is 0.706. The van der Waals surface area contributed by atoms with Crippen LogP contribution in [0.1, 0.15) is 37.8 Å². The second-order valence-corrected chi connectivity index (χ2v) is 4.64. The molecule has 2 rings (SSSR count). The number of aromatic nitrogens is 1. The topological polar surface area (TPSA) is 48.1 Å². The van der Waals surface area contributed by atoms with Gasteiger partial charge in [-0.3, -0.25) is 0 Å². The van der Waals surface area contributed by atoms with Crippen LogP contribution in [0.4, 0.5) is 5.69 Å². The lowest BCUT2D eigenvalue weighted by Crippen LogP contribution is -2.15. The summed E-state index contributed by atoms with van der Waals surface area (Å²) in [5.41, 5.74) is 7.28. The van der Waals surface area contributed by atoms with Gasteiger partial charge in [-0.2, -0.15) is 0 Å². The summed E-state index contributed by atoms with van der Waals surface area (Å²) >= 11 is 0. The second-order valence-electron chi connectivity index (χ2n) is 4.64. The summed E-state index contributed by atoms with van der Waals surface area (Å²) in [6, 6.07) is 3.71. The molecule has 3 nitrogen and oxygen atoms in total. The van der Waals surface area contributed by atoms with E-state index in [1.165, 1.54) is 32.1 Å². The monoisotopic (exact) mass is 220 g/mol. The van der Waals surface area contributed by atoms with Crippen LogP contribution in [0.15, 0.2) is 12.1 Å². The van der Waals surface area contributed by atoms with E-state index >= 15 is 0 Å². The lowest BCUT2D eigenvalue weighted by Gasteiger charge is -2.21. The lowest BCUT2D eigenvalue weighted by molar-refractivity contribution is 0.202. The zero-order valence-corrected chi connectivity index (χ0v) is 9.91. The van der Waals surface area contributed by atoms with E-state index in [-0.39, 0.29) is 0 Å². The highest BCUT2D eigenvalue weighted by Gasteiger charge is 2.14. The van der Waals surface area contributed by atoms with Crippen LogP contribution < -0.4 is 10.5 Å². The Morgan fingerprint density at radius 2 is 2.06 bits per heavy atom. The van der Waals surface area contributed by atoms with E-state index in [9.17, 15) is 0 Å². The van der Waals surface area contributed by atoms with E-state index in [0.29, 0.717) is 11.8 Å². The molecule has 0 radical (unpaired) electrons. The standard InChI is InChI=1S/C13H20N2O/c1-10-12(14)7-8-13(15-10)16-9-11-5-3-2-4-6-11/h7-8,11H,2-6,9,14H2,1H3. The van der Waals surface area contributed by atoms with Crippen molar-refractivity contribution in [1.29, 1.82) is 0 Å². The molecule has 1 aromatic rings. The van der Waals surface area contributed by atoms with E-state index in [2.05, 4.69) is 4.98 Å². The molecular weight excluding hydrogens is 200 g/mol. The van der Waals surface area contributed by atoms with Gasteiger partial charge in [0.25, 0.3) is 0 Å². The van der Waals surface area contributed by atoms with Gasteiger partial charge in [0.2, 0.25) is 5.88 Å². The Balaban J connectivity index is 1.86. The molecule has 16 heavy (non-hydrogen) atoms. The molecular formula is C13H20N2O. The highest BCUT2D eigenvalue weighted by molar-refractivity contribution is 5.43. The van der Waals surface area contributed by atoms with Crippen LogP contribution >= 0.6 is 0 Å². The Kier molecular flexibility index (Phi) is 3.65. The fourth-order valence-electron chi connectivity index (χ4n) is 2.19. The Morgan fingerprint density at radius 1 is 1.31 bits per heavy atom. The molecule has 0 atom stereocenters. The number of pyridine rings is 1. The van der Waals surface area contributed by atoms with Crippen LogP contribution in [0, 0.1) is 12.8 Å². The van der Waals surface area contributed by atoms with E-state index < -0.39 is 0 Å². The van der Waals surface area contributed by atoms with Crippen molar-refractivity contribution in [2.75, 3.05) is 12.3 Å². The molecule has 3 heteroatoms. The molecule has 1 aliphatic carbocycles. The molecule has 1 heterocycles. The van der Waals surface area contributed by atoms with Gasteiger partial charge in [0.1, 0.15) is 0 Å². The van der Waals surface area contributed by atoms with Gasteiger partial charge in [-0.1, -0.05) is 19.3 Å². The maximum absolute atomic E-state index is 5.71. The van der Waals surface area contributed by atoms with Crippen LogP contribution in [0.2, 0.25) is 0 Å². The molecule has 1 saturated carbocycles. The molecule has 2 N–H and O–H groups in total. The molecule has 0 amide bonds. The molecule has 1 aliphatic rings. The van der Waals surface area contributed by atoms with E-state index in [1.807, 2.05) is 19.1 Å². The fourth-order valence-corrected chi connectivity index (χ4v) is 2.19. The van der Waals surface area contributed by atoms with Gasteiger partial charge in [0.05, 0.1) is 18.0 Å². The van der Waals surface area contributed by atoms with Crippen molar-refractivity contribution in [2.45, 2.75) is 39.0 Å². The first kappa shape index (κ1) is 11.2. The number of anilines is 1. The Labute approximate surface area is 97.0 Å². The Bertz CT molecular complexity index is 346. The van der Waals surface area contributed by atoms with Crippen molar-refractivity contribution in [1.82, 2.24) is 4.98 Å². The van der Waals surface area contributed by atoms with Crippen molar-refractivity contribution in [3.8, 4) is 5.88 Å². The summed E-state index contributed by atoms with van der Waals surface area (Å²) < 4.78 is 5.71. The normalized spacial score (nSPS) is 17.3. The predicted molar refractivity (Wildman–Crippen MR) is 65.5 cm³/mol. The van der Waals surface area contributed by atoms with Gasteiger partial charge in [-0.25, -0.2) is 4.98 Å². The van der Waals surface area contributed by atoms with E-state index in [0.717, 1.165) is 18.0 Å². The van der Waals surface area contributed by atoms with E-state index in [1.54, 1.807) is 0 Å². The number of hydrogen-bond acceptors (Lipinski definition) is 3. The third-order valence-corrected chi connectivity index (χ3v) is 3.29. The van der Waals surface area contributed by atoms with Crippen LogP contribution in [0.25, 0.3) is 0 Å². The van der Waals surface area contributed by atoms with Crippen molar-refractivity contribution >= 4 is 5.69 Å². The average molecular weight is 220 g/mol. The Hall–Kier alpha value is -1.25. The third kappa shape index (κ3) is 2.87. The smallest absolute Gasteiger partial charge is 0.213 e. The first-order chi connectivity index (χ1) is 7.75. The second kappa shape index (κ2) is 5.19. The van der Waals surface area contributed by atoms with Crippen LogP contribution in [0.5, 0.6) is 5.88 Å². The maximum atomic E-state index is 5.71. The first-order valence-corrected chi connectivity index (χ1v) is 6.11. The third-order valence-electron chi connectivity index (χ3n) is 3.29. The predicted octanol–water partition coefficient (Wildman–Crippen LogP) is 2.93. The molecule has 0 unspecified atom stereocenters. The van der Waals surface area contributed by atoms with Crippen molar-refractivity contribution in [3.05, 3.63) is 17.8 Å². The van der Waals surface area contributed by atoms with Gasteiger partial charge in [0.15, 0.2) is 0 Å². The van der Waals surface area contributed by atoms with Gasteiger partial charge >= 0.3 is 0 Å². The number of aryl methyl sites for hydroxylation is 1. The van der Waals surface area contributed by atoms with Crippen molar-refractivity contribution in [2.24, 2.45) is 5.92 Å².